The van der Waals surface area contributed by atoms with Gasteiger partial charge in [-0.2, -0.15) is 13.2 Å². The van der Waals surface area contributed by atoms with Gasteiger partial charge in [-0.25, -0.2) is 15.0 Å². The van der Waals surface area contributed by atoms with E-state index in [0.717, 1.165) is 24.5 Å². The highest BCUT2D eigenvalue weighted by atomic mass is 19.4. The van der Waals surface area contributed by atoms with Gasteiger partial charge in [0.15, 0.2) is 0 Å². The van der Waals surface area contributed by atoms with E-state index in [0.29, 0.717) is 40.9 Å². The van der Waals surface area contributed by atoms with Gasteiger partial charge >= 0.3 is 6.18 Å². The van der Waals surface area contributed by atoms with Gasteiger partial charge < -0.3 is 10.6 Å². The van der Waals surface area contributed by atoms with Crippen LogP contribution in [0.15, 0.2) is 43.0 Å². The van der Waals surface area contributed by atoms with Crippen LogP contribution in [-0.2, 0) is 12.6 Å². The molecule has 0 spiro atoms. The Bertz CT molecular complexity index is 1430. The second kappa shape index (κ2) is 6.90. The predicted molar refractivity (Wildman–Crippen MR) is 114 cm³/mol. The molecule has 0 unspecified atom stereocenters. The highest BCUT2D eigenvalue weighted by Crippen LogP contribution is 2.47. The largest absolute Gasteiger partial charge is 0.416 e. The van der Waals surface area contributed by atoms with Gasteiger partial charge in [-0.1, -0.05) is 6.07 Å². The molecule has 1 aliphatic heterocycles. The number of carbonyl (C=O) groups is 1. The highest BCUT2D eigenvalue weighted by molar-refractivity contribution is 5.96. The molecule has 2 N–H and O–H groups in total. The zero-order valence-electron chi connectivity index (χ0n) is 17.4. The summed E-state index contributed by atoms with van der Waals surface area (Å²) >= 11 is 0. The minimum absolute atomic E-state index is 0.100. The summed E-state index contributed by atoms with van der Waals surface area (Å²) in [5.41, 5.74) is 8.89. The zero-order valence-corrected chi connectivity index (χ0v) is 17.4. The van der Waals surface area contributed by atoms with Gasteiger partial charge in [0.1, 0.15) is 22.5 Å². The molecule has 3 aromatic heterocycles. The predicted octanol–water partition coefficient (Wildman–Crippen LogP) is 4.03. The van der Waals surface area contributed by atoms with Gasteiger partial charge in [0.25, 0.3) is 5.91 Å². The SMILES string of the molecule is Nc1nc2cnc(C(=O)N3CCC[C@H]4Cc5cc(C(F)(F)F)ccc5[C@H]43)cc2n2cncc12. The molecule has 0 radical (unpaired) electrons. The number of aromatic nitrogens is 4. The smallest absolute Gasteiger partial charge is 0.382 e. The molecule has 33 heavy (non-hydrogen) atoms. The summed E-state index contributed by atoms with van der Waals surface area (Å²) in [5, 5.41) is 0. The van der Waals surface area contributed by atoms with Crippen LogP contribution < -0.4 is 5.73 Å². The molecule has 0 saturated carbocycles. The topological polar surface area (TPSA) is 89.4 Å². The fourth-order valence-corrected chi connectivity index (χ4v) is 5.31. The summed E-state index contributed by atoms with van der Waals surface area (Å²) in [4.78, 5) is 28.1. The minimum atomic E-state index is -4.39. The first kappa shape index (κ1) is 20.0. The number of nitrogens with two attached hydrogens (primary N) is 1. The standard InChI is InChI=1S/C23H19F3N6O/c24-23(25,26)14-3-4-15-13(7-14)6-12-2-1-5-31(20(12)15)22(33)16-8-18-17(9-29-16)30-21(27)19-10-28-11-32(18)19/h3-4,7-12,20H,1-2,5-6H2,(H2,27,30)/t12-,20-/m0/s1. The fourth-order valence-electron chi connectivity index (χ4n) is 5.31. The molecule has 1 amide bonds. The Labute approximate surface area is 186 Å². The fraction of sp³-hybridized carbons (Fsp3) is 0.304. The van der Waals surface area contributed by atoms with Crippen LogP contribution in [0.1, 0.15) is 46.1 Å². The van der Waals surface area contributed by atoms with Crippen molar-refractivity contribution in [3.63, 3.8) is 0 Å². The van der Waals surface area contributed by atoms with Crippen LogP contribution in [0.25, 0.3) is 16.6 Å². The monoisotopic (exact) mass is 452 g/mol. The molecular weight excluding hydrogens is 433 g/mol. The molecule has 4 heterocycles. The van der Waals surface area contributed by atoms with E-state index < -0.39 is 11.7 Å². The average Bonchev–Trinajstić information content (AvgIpc) is 3.43. The molecular formula is C23H19F3N6O. The number of imidazole rings is 1. The normalized spacial score (nSPS) is 20.3. The molecule has 1 aromatic carbocycles. The second-order valence-corrected chi connectivity index (χ2v) is 8.67. The Hall–Kier alpha value is -3.69. The molecule has 1 saturated heterocycles. The lowest BCUT2D eigenvalue weighted by atomic mass is 9.89. The third-order valence-corrected chi connectivity index (χ3v) is 6.77. The Morgan fingerprint density at radius 1 is 1.15 bits per heavy atom. The van der Waals surface area contributed by atoms with Gasteiger partial charge in [0.05, 0.1) is 35.8 Å². The quantitative estimate of drug-likeness (QED) is 0.471. The van der Waals surface area contributed by atoms with Gasteiger partial charge in [0, 0.05) is 6.54 Å². The van der Waals surface area contributed by atoms with E-state index in [2.05, 4.69) is 15.0 Å². The average molecular weight is 452 g/mol. The lowest BCUT2D eigenvalue weighted by Gasteiger charge is -2.38. The summed E-state index contributed by atoms with van der Waals surface area (Å²) in [6, 6.07) is 5.29. The van der Waals surface area contributed by atoms with Crippen LogP contribution in [0.3, 0.4) is 0 Å². The van der Waals surface area contributed by atoms with Crippen molar-refractivity contribution in [1.82, 2.24) is 24.3 Å². The molecule has 10 heteroatoms. The molecule has 7 nitrogen and oxygen atoms in total. The molecule has 2 aliphatic rings. The third kappa shape index (κ3) is 3.04. The minimum Gasteiger partial charge on any atom is -0.382 e. The van der Waals surface area contributed by atoms with E-state index in [1.54, 1.807) is 27.9 Å². The van der Waals surface area contributed by atoms with Crippen molar-refractivity contribution in [3.8, 4) is 0 Å². The van der Waals surface area contributed by atoms with Crippen molar-refractivity contribution < 1.29 is 18.0 Å². The lowest BCUT2D eigenvalue weighted by Crippen LogP contribution is -2.41. The highest BCUT2D eigenvalue weighted by Gasteiger charge is 2.42. The number of piperidine rings is 1. The molecule has 4 aromatic rings. The molecule has 0 bridgehead atoms. The van der Waals surface area contributed by atoms with Crippen molar-refractivity contribution in [2.45, 2.75) is 31.5 Å². The number of anilines is 1. The molecule has 2 atom stereocenters. The van der Waals surface area contributed by atoms with Crippen LogP contribution in [0.4, 0.5) is 19.0 Å². The molecule has 1 aliphatic carbocycles. The van der Waals surface area contributed by atoms with E-state index in [-0.39, 0.29) is 23.6 Å². The lowest BCUT2D eigenvalue weighted by molar-refractivity contribution is -0.137. The number of fused-ring (bicyclic) bond motifs is 6. The van der Waals surface area contributed by atoms with Gasteiger partial charge in [-0.15, -0.1) is 0 Å². The number of rotatable bonds is 1. The van der Waals surface area contributed by atoms with Crippen LogP contribution in [0, 0.1) is 5.92 Å². The zero-order chi connectivity index (χ0) is 22.9. The number of likely N-dealkylation sites (tertiary alicyclic amines) is 1. The maximum atomic E-state index is 13.6. The van der Waals surface area contributed by atoms with E-state index in [4.69, 9.17) is 5.73 Å². The number of carbonyl (C=O) groups excluding carboxylic acids is 1. The second-order valence-electron chi connectivity index (χ2n) is 8.67. The maximum Gasteiger partial charge on any atom is 0.416 e. The molecule has 1 fully saturated rings. The summed E-state index contributed by atoms with van der Waals surface area (Å²) in [6.45, 7) is 0.528. The van der Waals surface area contributed by atoms with E-state index in [9.17, 15) is 18.0 Å². The number of amides is 1. The summed E-state index contributed by atoms with van der Waals surface area (Å²) in [7, 11) is 0. The van der Waals surface area contributed by atoms with Gasteiger partial charge in [0.2, 0.25) is 0 Å². The maximum absolute atomic E-state index is 13.6. The third-order valence-electron chi connectivity index (χ3n) is 6.77. The van der Waals surface area contributed by atoms with Crippen LogP contribution in [-0.4, -0.2) is 36.7 Å². The van der Waals surface area contributed by atoms with Gasteiger partial charge in [-0.3, -0.25) is 9.20 Å². The van der Waals surface area contributed by atoms with Gasteiger partial charge in [-0.05, 0) is 54.5 Å². The van der Waals surface area contributed by atoms with E-state index in [1.165, 1.54) is 18.3 Å². The van der Waals surface area contributed by atoms with Crippen molar-refractivity contribution in [1.29, 1.82) is 0 Å². The molecule has 168 valence electrons. The summed E-state index contributed by atoms with van der Waals surface area (Å²) in [5.74, 6) is 0.174. The summed E-state index contributed by atoms with van der Waals surface area (Å²) in [6.07, 6.45) is 2.54. The number of nitrogen functional groups attached to an aromatic ring is 1. The number of hydrogen-bond donors (Lipinski definition) is 1. The number of hydrogen-bond acceptors (Lipinski definition) is 5. The number of benzene rings is 1. The Morgan fingerprint density at radius 2 is 2.00 bits per heavy atom. The first-order chi connectivity index (χ1) is 15.8. The Kier molecular flexibility index (Phi) is 4.17. The van der Waals surface area contributed by atoms with Crippen molar-refractivity contribution in [3.05, 3.63) is 65.4 Å². The van der Waals surface area contributed by atoms with Crippen molar-refractivity contribution in [2.75, 3.05) is 12.3 Å². The van der Waals surface area contributed by atoms with Crippen LogP contribution in [0.5, 0.6) is 0 Å². The number of halogens is 3. The van der Waals surface area contributed by atoms with Crippen LogP contribution >= 0.6 is 0 Å². The first-order valence-electron chi connectivity index (χ1n) is 10.7. The number of alkyl halides is 3. The first-order valence-corrected chi connectivity index (χ1v) is 10.7. The van der Waals surface area contributed by atoms with E-state index >= 15 is 0 Å². The molecule has 6 rings (SSSR count). The number of pyridine rings is 1. The Balaban J connectivity index is 1.40. The van der Waals surface area contributed by atoms with E-state index in [1.807, 2.05) is 0 Å². The summed E-state index contributed by atoms with van der Waals surface area (Å²) < 4.78 is 41.4. The Morgan fingerprint density at radius 3 is 2.82 bits per heavy atom. The van der Waals surface area contributed by atoms with Crippen LogP contribution in [0.2, 0.25) is 0 Å². The van der Waals surface area contributed by atoms with Crippen molar-refractivity contribution >= 4 is 28.3 Å². The number of nitrogens with zero attached hydrogens (tertiary/aromatic N) is 5. The van der Waals surface area contributed by atoms with Crippen molar-refractivity contribution in [2.24, 2.45) is 5.92 Å².